The van der Waals surface area contributed by atoms with Gasteiger partial charge in [0.2, 0.25) is 11.8 Å². The van der Waals surface area contributed by atoms with Crippen LogP contribution in [0.2, 0.25) is 0 Å². The van der Waals surface area contributed by atoms with Crippen LogP contribution in [0.25, 0.3) is 0 Å². The van der Waals surface area contributed by atoms with Crippen LogP contribution >= 0.6 is 0 Å². The highest BCUT2D eigenvalue weighted by atomic mass is 16.7. The normalized spacial score (nSPS) is 21.0. The molecule has 2 unspecified atom stereocenters. The van der Waals surface area contributed by atoms with Gasteiger partial charge < -0.3 is 50.7 Å². The van der Waals surface area contributed by atoms with Gasteiger partial charge >= 0.3 is 0 Å². The Kier molecular flexibility index (Phi) is 36.1. The minimum Gasteiger partial charge on any atom is -0.394 e. The number of amides is 2. The summed E-state index contributed by atoms with van der Waals surface area (Å²) in [4.78, 5) is 25.1. The van der Waals surface area contributed by atoms with Crippen LogP contribution in [0.4, 0.5) is 0 Å². The Hall–Kier alpha value is -1.38. The van der Waals surface area contributed by atoms with Gasteiger partial charge in [-0.05, 0) is 25.7 Å². The van der Waals surface area contributed by atoms with E-state index in [1.165, 1.54) is 89.9 Å². The lowest BCUT2D eigenvalue weighted by molar-refractivity contribution is -0.303. The molecule has 0 radical (unpaired) electrons. The van der Waals surface area contributed by atoms with Crippen molar-refractivity contribution in [3.63, 3.8) is 0 Å². The second-order valence-corrected chi connectivity index (χ2v) is 17.4. The number of aliphatic hydroxyl groups excluding tert-OH is 6. The van der Waals surface area contributed by atoms with Crippen molar-refractivity contribution in [2.24, 2.45) is 0 Å². The van der Waals surface area contributed by atoms with E-state index in [0.29, 0.717) is 19.3 Å². The highest BCUT2D eigenvalue weighted by molar-refractivity contribution is 5.76. The Morgan fingerprint density at radius 1 is 0.559 bits per heavy atom. The zero-order valence-corrected chi connectivity index (χ0v) is 37.7. The van der Waals surface area contributed by atoms with Crippen LogP contribution in [0.3, 0.4) is 0 Å². The molecule has 2 amide bonds. The van der Waals surface area contributed by atoms with E-state index in [-0.39, 0.29) is 24.8 Å². The molecule has 8 atom stereocenters. The molecule has 1 fully saturated rings. The van der Waals surface area contributed by atoms with Gasteiger partial charge in [-0.1, -0.05) is 181 Å². The highest BCUT2D eigenvalue weighted by Crippen LogP contribution is 2.23. The standard InChI is InChI=1S/C47H92N2O10/c1-3-5-7-9-11-13-14-15-17-20-24-28-32-39(51)43(54)38(37-58-47-46(57)45(56)44(55)40(36-50)59-47)49-42(53)34-30-26-22-18-16-19-23-27-31-35-48-41(52)33-29-25-21-12-10-8-6-4-2/h38-40,43-47,50-51,54-57H,3-37H2,1-2H3,(H,48,52)(H,49,53)/t38-,39+,40?,43-,44-,45-,46?,47-/m0/s1. The summed E-state index contributed by atoms with van der Waals surface area (Å²) in [6.07, 6.45) is 24.9. The molecule has 59 heavy (non-hydrogen) atoms. The van der Waals surface area contributed by atoms with Crippen molar-refractivity contribution in [1.82, 2.24) is 10.6 Å². The molecule has 12 nitrogen and oxygen atoms in total. The first kappa shape index (κ1) is 55.6. The lowest BCUT2D eigenvalue weighted by atomic mass is 9.98. The van der Waals surface area contributed by atoms with Crippen LogP contribution in [-0.4, -0.2) is 111 Å². The summed E-state index contributed by atoms with van der Waals surface area (Å²) in [5, 5.41) is 68.2. The Balaban J connectivity index is 2.33. The molecule has 1 saturated heterocycles. The van der Waals surface area contributed by atoms with E-state index < -0.39 is 55.6 Å². The van der Waals surface area contributed by atoms with Gasteiger partial charge in [0.25, 0.3) is 0 Å². The number of nitrogens with one attached hydrogen (secondary N) is 2. The van der Waals surface area contributed by atoms with Crippen LogP contribution in [-0.2, 0) is 19.1 Å². The largest absolute Gasteiger partial charge is 0.394 e. The third-order valence-electron chi connectivity index (χ3n) is 12.0. The zero-order chi connectivity index (χ0) is 43.4. The second kappa shape index (κ2) is 38.3. The maximum atomic E-state index is 13.0. The van der Waals surface area contributed by atoms with Crippen LogP contribution in [0.15, 0.2) is 0 Å². The zero-order valence-electron chi connectivity index (χ0n) is 37.7. The number of rotatable bonds is 41. The van der Waals surface area contributed by atoms with E-state index in [9.17, 15) is 40.2 Å². The second-order valence-electron chi connectivity index (χ2n) is 17.4. The minimum absolute atomic E-state index is 0.181. The van der Waals surface area contributed by atoms with Crippen molar-refractivity contribution in [3.05, 3.63) is 0 Å². The predicted octanol–water partition coefficient (Wildman–Crippen LogP) is 7.65. The molecule has 0 aromatic heterocycles. The van der Waals surface area contributed by atoms with Gasteiger partial charge in [0.1, 0.15) is 30.5 Å². The SMILES string of the molecule is CCCCCCCCCCCCCC[C@@H](O)[C@@H](O)[C@H](CO[C@H]1OC(CO)[C@H](O)[C@H](O)C1O)NC(=O)CCCCCCCCCCCNC(=O)CCCCCCCCCC. The van der Waals surface area contributed by atoms with Gasteiger partial charge in [-0.15, -0.1) is 0 Å². The maximum absolute atomic E-state index is 13.0. The summed E-state index contributed by atoms with van der Waals surface area (Å²) < 4.78 is 11.1. The first-order valence-electron chi connectivity index (χ1n) is 24.5. The molecule has 0 bridgehead atoms. The van der Waals surface area contributed by atoms with Gasteiger partial charge in [0.05, 0.1) is 25.4 Å². The third kappa shape index (κ3) is 28.8. The monoisotopic (exact) mass is 845 g/mol. The van der Waals surface area contributed by atoms with Crippen molar-refractivity contribution in [3.8, 4) is 0 Å². The molecule has 12 heteroatoms. The quantitative estimate of drug-likeness (QED) is 0.0283. The van der Waals surface area contributed by atoms with E-state index in [4.69, 9.17) is 9.47 Å². The number of hydrogen-bond donors (Lipinski definition) is 8. The minimum atomic E-state index is -1.62. The van der Waals surface area contributed by atoms with E-state index >= 15 is 0 Å². The summed E-state index contributed by atoms with van der Waals surface area (Å²) in [5.41, 5.74) is 0. The fourth-order valence-corrected chi connectivity index (χ4v) is 7.93. The fourth-order valence-electron chi connectivity index (χ4n) is 7.93. The van der Waals surface area contributed by atoms with Gasteiger partial charge in [0.15, 0.2) is 6.29 Å². The number of hydrogen-bond acceptors (Lipinski definition) is 10. The average molecular weight is 845 g/mol. The summed E-state index contributed by atoms with van der Waals surface area (Å²) in [6, 6.07) is -1.01. The smallest absolute Gasteiger partial charge is 0.220 e. The summed E-state index contributed by atoms with van der Waals surface area (Å²) in [6.45, 7) is 4.30. The number of carbonyl (C=O) groups is 2. The molecule has 1 rings (SSSR count). The summed E-state index contributed by atoms with van der Waals surface area (Å²) in [7, 11) is 0. The maximum Gasteiger partial charge on any atom is 0.220 e. The lowest BCUT2D eigenvalue weighted by Crippen LogP contribution is -2.60. The van der Waals surface area contributed by atoms with Crippen LogP contribution in [0.5, 0.6) is 0 Å². The Bertz CT molecular complexity index is 975. The van der Waals surface area contributed by atoms with Crippen LogP contribution < -0.4 is 10.6 Å². The number of unbranched alkanes of at least 4 members (excludes halogenated alkanes) is 26. The van der Waals surface area contributed by atoms with Crippen molar-refractivity contribution in [2.75, 3.05) is 19.8 Å². The van der Waals surface area contributed by atoms with Crippen molar-refractivity contribution >= 4 is 11.8 Å². The molecule has 0 aromatic carbocycles. The molecule has 8 N–H and O–H groups in total. The van der Waals surface area contributed by atoms with Crippen molar-refractivity contribution in [1.29, 1.82) is 0 Å². The molecule has 0 aromatic rings. The van der Waals surface area contributed by atoms with E-state index in [1.807, 2.05) is 0 Å². The molecule has 1 heterocycles. The van der Waals surface area contributed by atoms with Gasteiger partial charge in [-0.2, -0.15) is 0 Å². The summed E-state index contributed by atoms with van der Waals surface area (Å²) in [5.74, 6) is -0.102. The molecular formula is C47H92N2O10. The fraction of sp³-hybridized carbons (Fsp3) is 0.957. The molecule has 1 aliphatic rings. The van der Waals surface area contributed by atoms with Crippen molar-refractivity contribution < 1.29 is 49.7 Å². The Labute approximate surface area is 359 Å². The lowest BCUT2D eigenvalue weighted by Gasteiger charge is -2.40. The third-order valence-corrected chi connectivity index (χ3v) is 12.0. The first-order chi connectivity index (χ1) is 28.7. The summed E-state index contributed by atoms with van der Waals surface area (Å²) >= 11 is 0. The molecule has 0 aliphatic carbocycles. The number of carbonyl (C=O) groups excluding carboxylic acids is 2. The number of ether oxygens (including phenoxy) is 2. The first-order valence-corrected chi connectivity index (χ1v) is 24.5. The molecule has 350 valence electrons. The topological polar surface area (TPSA) is 198 Å². The Morgan fingerprint density at radius 3 is 1.46 bits per heavy atom. The molecular weight excluding hydrogens is 753 g/mol. The average Bonchev–Trinajstić information content (AvgIpc) is 3.23. The molecule has 1 aliphatic heterocycles. The van der Waals surface area contributed by atoms with Gasteiger partial charge in [0, 0.05) is 19.4 Å². The van der Waals surface area contributed by atoms with Crippen molar-refractivity contribution in [2.45, 2.75) is 268 Å². The molecule has 0 spiro atoms. The Morgan fingerprint density at radius 2 is 0.983 bits per heavy atom. The number of aliphatic hydroxyl groups is 6. The van der Waals surface area contributed by atoms with Gasteiger partial charge in [-0.25, -0.2) is 0 Å². The van der Waals surface area contributed by atoms with E-state index in [0.717, 1.165) is 96.4 Å². The van der Waals surface area contributed by atoms with Crippen LogP contribution in [0, 0.1) is 0 Å². The van der Waals surface area contributed by atoms with Gasteiger partial charge in [-0.3, -0.25) is 9.59 Å². The highest BCUT2D eigenvalue weighted by Gasteiger charge is 2.44. The van der Waals surface area contributed by atoms with E-state index in [1.54, 1.807) is 0 Å². The van der Waals surface area contributed by atoms with E-state index in [2.05, 4.69) is 24.5 Å². The van der Waals surface area contributed by atoms with Crippen LogP contribution in [0.1, 0.15) is 219 Å². The molecule has 0 saturated carbocycles. The predicted molar refractivity (Wildman–Crippen MR) is 236 cm³/mol.